The average Bonchev–Trinajstić information content (AvgIpc) is 2.80. The van der Waals surface area contributed by atoms with Crippen LogP contribution in [-0.4, -0.2) is 11.5 Å². The summed E-state index contributed by atoms with van der Waals surface area (Å²) in [7, 11) is 0. The summed E-state index contributed by atoms with van der Waals surface area (Å²) in [6.45, 7) is 2.81. The molecule has 2 aromatic heterocycles. The first-order valence-electron chi connectivity index (χ1n) is 4.69. The van der Waals surface area contributed by atoms with Crippen LogP contribution < -0.4 is 5.73 Å². The molecule has 2 nitrogen and oxygen atoms in total. The molecular weight excluding hydrogens is 192 g/mol. The molecule has 0 aliphatic rings. The van der Waals surface area contributed by atoms with E-state index in [1.54, 1.807) is 11.3 Å². The van der Waals surface area contributed by atoms with Crippen LogP contribution in [0.3, 0.4) is 0 Å². The molecule has 0 saturated heterocycles. The van der Waals surface area contributed by atoms with Gasteiger partial charge in [-0.05, 0) is 35.6 Å². The third-order valence-corrected chi connectivity index (χ3v) is 3.61. The summed E-state index contributed by atoms with van der Waals surface area (Å²) in [4.78, 5) is 4.46. The van der Waals surface area contributed by atoms with Gasteiger partial charge in [-0.2, -0.15) is 0 Å². The second-order valence-corrected chi connectivity index (χ2v) is 4.35. The number of nitrogens with one attached hydrogen (secondary N) is 1. The first-order chi connectivity index (χ1) is 6.83. The summed E-state index contributed by atoms with van der Waals surface area (Å²) in [5.41, 5.74) is 8.43. The van der Waals surface area contributed by atoms with Crippen LogP contribution in [0.2, 0.25) is 0 Å². The van der Waals surface area contributed by atoms with Gasteiger partial charge in [0.2, 0.25) is 0 Å². The second-order valence-electron chi connectivity index (χ2n) is 3.40. The minimum absolute atomic E-state index is 0.348. The highest BCUT2D eigenvalue weighted by molar-refractivity contribution is 7.10. The Kier molecular flexibility index (Phi) is 2.70. The van der Waals surface area contributed by atoms with Crippen LogP contribution in [0.15, 0.2) is 29.9 Å². The molecule has 3 heteroatoms. The molecule has 0 aliphatic carbocycles. The van der Waals surface area contributed by atoms with Crippen molar-refractivity contribution in [3.63, 3.8) is 0 Å². The fourth-order valence-corrected chi connectivity index (χ4v) is 2.76. The van der Waals surface area contributed by atoms with Gasteiger partial charge in [-0.3, -0.25) is 0 Å². The summed E-state index contributed by atoms with van der Waals surface area (Å²) in [5.74, 6) is 0.348. The van der Waals surface area contributed by atoms with Gasteiger partial charge in [0, 0.05) is 29.7 Å². The van der Waals surface area contributed by atoms with Crippen LogP contribution in [0, 0.1) is 6.92 Å². The van der Waals surface area contributed by atoms with Gasteiger partial charge in [0.05, 0.1) is 0 Å². The predicted octanol–water partition coefficient (Wildman–Crippen LogP) is 2.48. The van der Waals surface area contributed by atoms with Gasteiger partial charge >= 0.3 is 0 Å². The van der Waals surface area contributed by atoms with E-state index in [0.717, 1.165) is 0 Å². The Labute approximate surface area is 87.8 Å². The smallest absolute Gasteiger partial charge is 0.0324 e. The fourth-order valence-electron chi connectivity index (χ4n) is 1.69. The number of aromatic amines is 1. The Morgan fingerprint density at radius 2 is 2.36 bits per heavy atom. The molecule has 1 atom stereocenters. The zero-order valence-electron chi connectivity index (χ0n) is 8.16. The largest absolute Gasteiger partial charge is 0.367 e. The van der Waals surface area contributed by atoms with Crippen molar-refractivity contribution < 1.29 is 0 Å². The third-order valence-electron chi connectivity index (χ3n) is 2.48. The van der Waals surface area contributed by atoms with E-state index in [9.17, 15) is 0 Å². The molecule has 0 radical (unpaired) electrons. The molecule has 0 amide bonds. The Morgan fingerprint density at radius 1 is 1.50 bits per heavy atom. The van der Waals surface area contributed by atoms with Crippen LogP contribution in [0.5, 0.6) is 0 Å². The highest BCUT2D eigenvalue weighted by Crippen LogP contribution is 2.30. The Morgan fingerprint density at radius 3 is 2.86 bits per heavy atom. The number of nitrogens with two attached hydrogens (primary N) is 1. The molecule has 0 saturated carbocycles. The number of H-pyrrole nitrogens is 1. The predicted molar refractivity (Wildman–Crippen MR) is 60.7 cm³/mol. The molecular formula is C11H14N2S. The molecule has 0 bridgehead atoms. The monoisotopic (exact) mass is 206 g/mol. The van der Waals surface area contributed by atoms with Crippen molar-refractivity contribution in [3.05, 3.63) is 45.9 Å². The van der Waals surface area contributed by atoms with Gasteiger partial charge < -0.3 is 10.7 Å². The van der Waals surface area contributed by atoms with Crippen LogP contribution in [0.1, 0.15) is 21.9 Å². The highest BCUT2D eigenvalue weighted by Gasteiger charge is 2.15. The quantitative estimate of drug-likeness (QED) is 0.796. The maximum absolute atomic E-state index is 5.82. The molecule has 0 spiro atoms. The first kappa shape index (κ1) is 9.49. The molecule has 2 rings (SSSR count). The van der Waals surface area contributed by atoms with Crippen LogP contribution >= 0.6 is 11.3 Å². The summed E-state index contributed by atoms with van der Waals surface area (Å²) >= 11 is 1.79. The summed E-state index contributed by atoms with van der Waals surface area (Å²) < 4.78 is 0. The van der Waals surface area contributed by atoms with E-state index in [4.69, 9.17) is 5.73 Å². The normalized spacial score (nSPS) is 13.0. The molecule has 1 unspecified atom stereocenters. The van der Waals surface area contributed by atoms with E-state index in [1.807, 2.05) is 12.4 Å². The van der Waals surface area contributed by atoms with E-state index in [2.05, 4.69) is 29.4 Å². The lowest BCUT2D eigenvalue weighted by Crippen LogP contribution is -2.12. The van der Waals surface area contributed by atoms with Gasteiger partial charge in [-0.15, -0.1) is 11.3 Å². The van der Waals surface area contributed by atoms with Crippen molar-refractivity contribution in [2.45, 2.75) is 12.8 Å². The van der Waals surface area contributed by atoms with Gasteiger partial charge in [0.15, 0.2) is 0 Å². The van der Waals surface area contributed by atoms with Gasteiger partial charge in [0.25, 0.3) is 0 Å². The van der Waals surface area contributed by atoms with E-state index < -0.39 is 0 Å². The molecule has 74 valence electrons. The second kappa shape index (κ2) is 3.98. The number of hydrogen-bond acceptors (Lipinski definition) is 2. The van der Waals surface area contributed by atoms with Crippen LogP contribution in [0.25, 0.3) is 0 Å². The van der Waals surface area contributed by atoms with Crippen molar-refractivity contribution in [2.75, 3.05) is 6.54 Å². The number of hydrogen-bond donors (Lipinski definition) is 2. The summed E-state index contributed by atoms with van der Waals surface area (Å²) in [6, 6.07) is 4.24. The van der Waals surface area contributed by atoms with E-state index in [-0.39, 0.29) is 0 Å². The Balaban J connectivity index is 2.36. The third kappa shape index (κ3) is 1.61. The summed E-state index contributed by atoms with van der Waals surface area (Å²) in [5, 5.41) is 2.12. The summed E-state index contributed by atoms with van der Waals surface area (Å²) in [6.07, 6.45) is 3.97. The van der Waals surface area contributed by atoms with Gasteiger partial charge in [-0.25, -0.2) is 0 Å². The SMILES string of the molecule is Cc1ccsc1C(CN)c1cc[nH]c1. The zero-order valence-corrected chi connectivity index (χ0v) is 8.97. The minimum Gasteiger partial charge on any atom is -0.367 e. The minimum atomic E-state index is 0.348. The lowest BCUT2D eigenvalue weighted by molar-refractivity contribution is 0.831. The van der Waals surface area contributed by atoms with E-state index >= 15 is 0 Å². The van der Waals surface area contributed by atoms with Crippen LogP contribution in [0.4, 0.5) is 0 Å². The van der Waals surface area contributed by atoms with Crippen molar-refractivity contribution in [1.29, 1.82) is 0 Å². The van der Waals surface area contributed by atoms with Crippen molar-refractivity contribution in [3.8, 4) is 0 Å². The molecule has 0 aromatic carbocycles. The van der Waals surface area contributed by atoms with Crippen molar-refractivity contribution >= 4 is 11.3 Å². The van der Waals surface area contributed by atoms with E-state index in [0.29, 0.717) is 12.5 Å². The van der Waals surface area contributed by atoms with Gasteiger partial charge in [-0.1, -0.05) is 0 Å². The van der Waals surface area contributed by atoms with Crippen molar-refractivity contribution in [1.82, 2.24) is 4.98 Å². The molecule has 0 aliphatic heterocycles. The fraction of sp³-hybridized carbons (Fsp3) is 0.273. The number of rotatable bonds is 3. The Hall–Kier alpha value is -1.06. The maximum atomic E-state index is 5.82. The standard InChI is InChI=1S/C11H14N2S/c1-8-3-5-14-11(8)10(6-12)9-2-4-13-7-9/h2-5,7,10,13H,6,12H2,1H3. The zero-order chi connectivity index (χ0) is 9.97. The lowest BCUT2D eigenvalue weighted by atomic mass is 9.98. The molecule has 14 heavy (non-hydrogen) atoms. The van der Waals surface area contributed by atoms with Crippen LogP contribution in [-0.2, 0) is 0 Å². The maximum Gasteiger partial charge on any atom is 0.0324 e. The molecule has 2 heterocycles. The lowest BCUT2D eigenvalue weighted by Gasteiger charge is -2.12. The molecule has 3 N–H and O–H groups in total. The average molecular weight is 206 g/mol. The highest BCUT2D eigenvalue weighted by atomic mass is 32.1. The molecule has 0 fully saturated rings. The Bertz CT molecular complexity index is 389. The number of aryl methyl sites for hydroxylation is 1. The molecule has 2 aromatic rings. The number of thiophene rings is 1. The topological polar surface area (TPSA) is 41.8 Å². The van der Waals surface area contributed by atoms with E-state index in [1.165, 1.54) is 16.0 Å². The van der Waals surface area contributed by atoms with Gasteiger partial charge in [0.1, 0.15) is 0 Å². The number of aromatic nitrogens is 1. The van der Waals surface area contributed by atoms with Crippen molar-refractivity contribution in [2.24, 2.45) is 5.73 Å². The first-order valence-corrected chi connectivity index (χ1v) is 5.57.